The number of hydrogen-bond acceptors (Lipinski definition) is 6. The van der Waals surface area contributed by atoms with Gasteiger partial charge in [0.25, 0.3) is 0 Å². The lowest BCUT2D eigenvalue weighted by molar-refractivity contribution is 0.194. The summed E-state index contributed by atoms with van der Waals surface area (Å²) in [5, 5.41) is 17.9. The van der Waals surface area contributed by atoms with Crippen LogP contribution >= 0.6 is 0 Å². The van der Waals surface area contributed by atoms with Crippen LogP contribution in [0.25, 0.3) is 16.6 Å². The molecule has 0 amide bonds. The van der Waals surface area contributed by atoms with Crippen molar-refractivity contribution in [1.29, 1.82) is 0 Å². The Labute approximate surface area is 189 Å². The maximum Gasteiger partial charge on any atom is 0.179 e. The molecule has 166 valence electrons. The fourth-order valence-corrected chi connectivity index (χ4v) is 3.97. The first-order valence-corrected chi connectivity index (χ1v) is 10.9. The highest BCUT2D eigenvalue weighted by molar-refractivity contribution is 5.92. The minimum absolute atomic E-state index is 0.0718. The topological polar surface area (TPSA) is 68.1 Å². The third-order valence-electron chi connectivity index (χ3n) is 5.60. The van der Waals surface area contributed by atoms with Crippen molar-refractivity contribution in [3.63, 3.8) is 0 Å². The first-order chi connectivity index (χ1) is 15.5. The van der Waals surface area contributed by atoms with Gasteiger partial charge in [0.1, 0.15) is 23.1 Å². The fourth-order valence-electron chi connectivity index (χ4n) is 3.97. The molecule has 2 heterocycles. The molecule has 1 N–H and O–H groups in total. The second-order valence-corrected chi connectivity index (χ2v) is 8.10. The number of benzene rings is 2. The van der Waals surface area contributed by atoms with Gasteiger partial charge in [0, 0.05) is 20.5 Å². The molecule has 1 atom stereocenters. The van der Waals surface area contributed by atoms with Gasteiger partial charge in [-0.2, -0.15) is 10.2 Å². The Balaban J connectivity index is 1.80. The number of para-hydroxylation sites is 2. The maximum atomic E-state index is 6.60. The molecule has 0 aliphatic heterocycles. The van der Waals surface area contributed by atoms with Crippen LogP contribution in [0.5, 0.6) is 5.75 Å². The molecule has 0 spiro atoms. The summed E-state index contributed by atoms with van der Waals surface area (Å²) in [6.07, 6.45) is 0.782. The van der Waals surface area contributed by atoms with Crippen molar-refractivity contribution in [2.75, 3.05) is 32.6 Å². The lowest BCUT2D eigenvalue weighted by atomic mass is 10.1. The average Bonchev–Trinajstić information content (AvgIpc) is 3.15. The fraction of sp³-hybridized carbons (Fsp3) is 0.320. The lowest BCUT2D eigenvalue weighted by Gasteiger charge is -2.22. The van der Waals surface area contributed by atoms with Crippen LogP contribution < -0.4 is 15.0 Å². The van der Waals surface area contributed by atoms with E-state index < -0.39 is 0 Å². The molecule has 4 rings (SSSR count). The van der Waals surface area contributed by atoms with E-state index in [0.29, 0.717) is 0 Å². The van der Waals surface area contributed by atoms with E-state index in [2.05, 4.69) is 34.6 Å². The Morgan fingerprint density at radius 2 is 1.72 bits per heavy atom. The predicted octanol–water partition coefficient (Wildman–Crippen LogP) is 4.23. The number of nitrogens with zero attached hydrogens (tertiary/aromatic N) is 5. The highest BCUT2D eigenvalue weighted by Crippen LogP contribution is 2.33. The Kier molecular flexibility index (Phi) is 6.37. The molecule has 2 aromatic carbocycles. The third kappa shape index (κ3) is 4.16. The molecule has 0 saturated heterocycles. The molecule has 0 saturated carbocycles. The molecule has 2 aromatic heterocycles. The van der Waals surface area contributed by atoms with Crippen LogP contribution in [0, 0.1) is 13.8 Å². The number of hydrogen-bond donors (Lipinski definition) is 1. The zero-order valence-corrected chi connectivity index (χ0v) is 19.3. The Morgan fingerprint density at radius 3 is 2.44 bits per heavy atom. The minimum atomic E-state index is -0.0718. The van der Waals surface area contributed by atoms with Crippen LogP contribution in [0.3, 0.4) is 0 Å². The molecule has 0 aliphatic carbocycles. The second kappa shape index (κ2) is 9.36. The molecule has 0 bridgehead atoms. The molecule has 0 radical (unpaired) electrons. The summed E-state index contributed by atoms with van der Waals surface area (Å²) >= 11 is 0. The summed E-state index contributed by atoms with van der Waals surface area (Å²) in [6.45, 7) is 4.89. The van der Waals surface area contributed by atoms with Crippen molar-refractivity contribution in [3.05, 3.63) is 71.5 Å². The standard InChI is InChI=1S/C25H30N6O/c1-17-23-18(2)31(29-24(23)25(28-27-17)30(4)5)20-13-9-10-14-22(20)32-21(15-16-26-3)19-11-7-6-8-12-19/h6-14,21,26H,15-16H2,1-5H3/t21-/m0/s1. The average molecular weight is 431 g/mol. The van der Waals surface area contributed by atoms with Gasteiger partial charge < -0.3 is 15.0 Å². The van der Waals surface area contributed by atoms with Crippen LogP contribution in [-0.4, -0.2) is 47.7 Å². The number of aryl methyl sites for hydroxylation is 2. The Morgan fingerprint density at radius 1 is 1.00 bits per heavy atom. The van der Waals surface area contributed by atoms with E-state index in [4.69, 9.17) is 9.84 Å². The van der Waals surface area contributed by atoms with Gasteiger partial charge in [0.15, 0.2) is 5.82 Å². The van der Waals surface area contributed by atoms with E-state index in [1.54, 1.807) is 0 Å². The first kappa shape index (κ1) is 21.8. The molecule has 0 aliphatic rings. The number of rotatable bonds is 8. The van der Waals surface area contributed by atoms with Gasteiger partial charge in [-0.15, -0.1) is 5.10 Å². The van der Waals surface area contributed by atoms with Gasteiger partial charge in [-0.3, -0.25) is 0 Å². The van der Waals surface area contributed by atoms with Crippen molar-refractivity contribution in [2.24, 2.45) is 0 Å². The van der Waals surface area contributed by atoms with Crippen LogP contribution in [0.1, 0.15) is 29.5 Å². The molecule has 0 fully saturated rings. The monoisotopic (exact) mass is 430 g/mol. The smallest absolute Gasteiger partial charge is 0.179 e. The number of fused-ring (bicyclic) bond motifs is 1. The number of ether oxygens (including phenoxy) is 1. The molecule has 32 heavy (non-hydrogen) atoms. The third-order valence-corrected chi connectivity index (χ3v) is 5.60. The molecule has 7 nitrogen and oxygen atoms in total. The van der Waals surface area contributed by atoms with Crippen molar-refractivity contribution in [3.8, 4) is 11.4 Å². The van der Waals surface area contributed by atoms with Gasteiger partial charge in [-0.05, 0) is 45.1 Å². The highest BCUT2D eigenvalue weighted by Gasteiger charge is 2.21. The zero-order valence-electron chi connectivity index (χ0n) is 19.3. The van der Waals surface area contributed by atoms with E-state index >= 15 is 0 Å². The molecular weight excluding hydrogens is 400 g/mol. The van der Waals surface area contributed by atoms with Gasteiger partial charge in [-0.25, -0.2) is 4.68 Å². The van der Waals surface area contributed by atoms with Crippen LogP contribution in [0.2, 0.25) is 0 Å². The predicted molar refractivity (Wildman–Crippen MR) is 129 cm³/mol. The van der Waals surface area contributed by atoms with Crippen molar-refractivity contribution in [2.45, 2.75) is 26.4 Å². The highest BCUT2D eigenvalue weighted by atomic mass is 16.5. The van der Waals surface area contributed by atoms with Gasteiger partial charge in [0.05, 0.1) is 16.8 Å². The van der Waals surface area contributed by atoms with Crippen molar-refractivity contribution < 1.29 is 4.74 Å². The molecule has 4 aromatic rings. The SMILES string of the molecule is CNCC[C@H](Oc1ccccc1-n1nc2c(N(C)C)nnc(C)c2c1C)c1ccccc1. The summed E-state index contributed by atoms with van der Waals surface area (Å²) in [6, 6.07) is 18.4. The van der Waals surface area contributed by atoms with Gasteiger partial charge in [0.2, 0.25) is 0 Å². The minimum Gasteiger partial charge on any atom is -0.483 e. The van der Waals surface area contributed by atoms with Crippen molar-refractivity contribution >= 4 is 16.7 Å². The summed E-state index contributed by atoms with van der Waals surface area (Å²) in [7, 11) is 5.87. The van der Waals surface area contributed by atoms with Gasteiger partial charge in [-0.1, -0.05) is 42.5 Å². The van der Waals surface area contributed by atoms with E-state index in [9.17, 15) is 0 Å². The quantitative estimate of drug-likeness (QED) is 0.451. The summed E-state index contributed by atoms with van der Waals surface area (Å²) in [5.41, 5.74) is 4.77. The molecule has 7 heteroatoms. The summed E-state index contributed by atoms with van der Waals surface area (Å²) < 4.78 is 8.55. The first-order valence-electron chi connectivity index (χ1n) is 10.9. The lowest BCUT2D eigenvalue weighted by Crippen LogP contribution is -2.17. The molecular formula is C25H30N6O. The summed E-state index contributed by atoms with van der Waals surface area (Å²) in [4.78, 5) is 1.94. The molecule has 0 unspecified atom stereocenters. The van der Waals surface area contributed by atoms with E-state index in [-0.39, 0.29) is 6.10 Å². The van der Waals surface area contributed by atoms with Crippen LogP contribution in [0.4, 0.5) is 5.82 Å². The number of nitrogens with one attached hydrogen (secondary N) is 1. The number of aromatic nitrogens is 4. The zero-order chi connectivity index (χ0) is 22.7. The van der Waals surface area contributed by atoms with Gasteiger partial charge >= 0.3 is 0 Å². The van der Waals surface area contributed by atoms with E-state index in [1.165, 1.54) is 0 Å². The number of anilines is 1. The van der Waals surface area contributed by atoms with E-state index in [1.807, 2.05) is 80.1 Å². The van der Waals surface area contributed by atoms with Crippen molar-refractivity contribution in [1.82, 2.24) is 25.3 Å². The Bertz CT molecular complexity index is 1200. The van der Waals surface area contributed by atoms with Crippen LogP contribution in [-0.2, 0) is 0 Å². The van der Waals surface area contributed by atoms with Crippen LogP contribution in [0.15, 0.2) is 54.6 Å². The summed E-state index contributed by atoms with van der Waals surface area (Å²) in [5.74, 6) is 1.54. The normalized spacial score (nSPS) is 12.2. The Hall–Kier alpha value is -3.45. The van der Waals surface area contributed by atoms with E-state index in [0.717, 1.165) is 58.1 Å². The maximum absolute atomic E-state index is 6.60. The largest absolute Gasteiger partial charge is 0.483 e. The second-order valence-electron chi connectivity index (χ2n) is 8.10.